The van der Waals surface area contributed by atoms with Gasteiger partial charge in [0.1, 0.15) is 11.9 Å². The highest BCUT2D eigenvalue weighted by molar-refractivity contribution is 9.10. The molecule has 0 aromatic heterocycles. The number of halogens is 2. The molecule has 17 heavy (non-hydrogen) atoms. The molecule has 1 aliphatic heterocycles. The zero-order chi connectivity index (χ0) is 11.8. The third kappa shape index (κ3) is 1.96. The minimum Gasteiger partial charge on any atom is -0.485 e. The van der Waals surface area contributed by atoms with Gasteiger partial charge in [-0.2, -0.15) is 0 Å². The van der Waals surface area contributed by atoms with Crippen molar-refractivity contribution in [1.29, 1.82) is 0 Å². The van der Waals surface area contributed by atoms with Gasteiger partial charge in [-0.1, -0.05) is 41.9 Å². The molecule has 2 aromatic carbocycles. The summed E-state index contributed by atoms with van der Waals surface area (Å²) in [4.78, 5) is 0. The van der Waals surface area contributed by atoms with Crippen LogP contribution in [0.1, 0.15) is 17.2 Å². The van der Waals surface area contributed by atoms with Crippen LogP contribution >= 0.6 is 27.5 Å². The molecule has 0 fully saturated rings. The van der Waals surface area contributed by atoms with Gasteiger partial charge in [-0.25, -0.2) is 0 Å². The summed E-state index contributed by atoms with van der Waals surface area (Å²) in [5, 5.41) is 0.737. The Hall–Kier alpha value is -0.990. The van der Waals surface area contributed by atoms with Gasteiger partial charge in [0.05, 0.1) is 5.02 Å². The lowest BCUT2D eigenvalue weighted by atomic mass is 10.0. The highest BCUT2D eigenvalue weighted by atomic mass is 79.9. The van der Waals surface area contributed by atoms with Gasteiger partial charge < -0.3 is 4.74 Å². The average molecular weight is 310 g/mol. The fourth-order valence-electron chi connectivity index (χ4n) is 2.11. The number of hydrogen-bond acceptors (Lipinski definition) is 1. The van der Waals surface area contributed by atoms with Crippen LogP contribution in [0.15, 0.2) is 46.9 Å². The van der Waals surface area contributed by atoms with E-state index in [0.29, 0.717) is 0 Å². The van der Waals surface area contributed by atoms with Gasteiger partial charge in [0.25, 0.3) is 0 Å². The molecule has 2 aromatic rings. The van der Waals surface area contributed by atoms with E-state index >= 15 is 0 Å². The second kappa shape index (κ2) is 4.35. The minimum atomic E-state index is 0.0981. The first kappa shape index (κ1) is 11.1. The quantitative estimate of drug-likeness (QED) is 0.736. The van der Waals surface area contributed by atoms with Crippen molar-refractivity contribution < 1.29 is 4.74 Å². The van der Waals surface area contributed by atoms with Crippen molar-refractivity contribution in [3.63, 3.8) is 0 Å². The predicted molar refractivity (Wildman–Crippen MR) is 72.7 cm³/mol. The summed E-state index contributed by atoms with van der Waals surface area (Å²) in [5.74, 6) is 0.926. The van der Waals surface area contributed by atoms with Gasteiger partial charge >= 0.3 is 0 Å². The Morgan fingerprint density at radius 1 is 1.12 bits per heavy atom. The molecule has 1 nitrogen and oxygen atoms in total. The van der Waals surface area contributed by atoms with Crippen LogP contribution < -0.4 is 4.74 Å². The van der Waals surface area contributed by atoms with Gasteiger partial charge in [0.2, 0.25) is 0 Å². The maximum absolute atomic E-state index is 6.08. The van der Waals surface area contributed by atoms with E-state index in [4.69, 9.17) is 16.3 Å². The molecule has 1 aliphatic rings. The lowest BCUT2D eigenvalue weighted by molar-refractivity contribution is 0.238. The highest BCUT2D eigenvalue weighted by Crippen LogP contribution is 2.42. The van der Waals surface area contributed by atoms with Crippen LogP contribution in [0.4, 0.5) is 0 Å². The van der Waals surface area contributed by atoms with E-state index in [9.17, 15) is 0 Å². The minimum absolute atomic E-state index is 0.0981. The van der Waals surface area contributed by atoms with E-state index in [1.807, 2.05) is 30.3 Å². The van der Waals surface area contributed by atoms with Gasteiger partial charge in [-0.15, -0.1) is 0 Å². The van der Waals surface area contributed by atoms with Crippen LogP contribution in [0.3, 0.4) is 0 Å². The lowest BCUT2D eigenvalue weighted by Gasteiger charge is -2.10. The summed E-state index contributed by atoms with van der Waals surface area (Å²) in [6.45, 7) is 0. The smallest absolute Gasteiger partial charge is 0.128 e. The van der Waals surface area contributed by atoms with E-state index < -0.39 is 0 Å². The van der Waals surface area contributed by atoms with Crippen LogP contribution in [-0.4, -0.2) is 0 Å². The van der Waals surface area contributed by atoms with Gasteiger partial charge in [0.15, 0.2) is 0 Å². The maximum atomic E-state index is 6.08. The van der Waals surface area contributed by atoms with Crippen molar-refractivity contribution in [3.05, 3.63) is 63.1 Å². The van der Waals surface area contributed by atoms with Crippen molar-refractivity contribution >= 4 is 27.5 Å². The van der Waals surface area contributed by atoms with E-state index in [2.05, 4.69) is 28.1 Å². The van der Waals surface area contributed by atoms with E-state index in [0.717, 1.165) is 27.2 Å². The van der Waals surface area contributed by atoms with Gasteiger partial charge in [-0.05, 0) is 33.6 Å². The Kier molecular flexibility index (Phi) is 2.85. The topological polar surface area (TPSA) is 9.23 Å². The molecule has 0 radical (unpaired) electrons. The SMILES string of the molecule is Clc1ccc2c(c1Br)CC(c1ccccc1)O2. The fraction of sp³-hybridized carbons (Fsp3) is 0.143. The van der Waals surface area contributed by atoms with E-state index in [1.54, 1.807) is 0 Å². The van der Waals surface area contributed by atoms with Crippen molar-refractivity contribution in [2.45, 2.75) is 12.5 Å². The van der Waals surface area contributed by atoms with Crippen LogP contribution in [0, 0.1) is 0 Å². The number of ether oxygens (including phenoxy) is 1. The lowest BCUT2D eigenvalue weighted by Crippen LogP contribution is -2.02. The molecular formula is C14H10BrClO. The summed E-state index contributed by atoms with van der Waals surface area (Å²) < 4.78 is 6.89. The summed E-state index contributed by atoms with van der Waals surface area (Å²) >= 11 is 9.60. The van der Waals surface area contributed by atoms with E-state index in [-0.39, 0.29) is 6.10 Å². The molecule has 0 aliphatic carbocycles. The van der Waals surface area contributed by atoms with Crippen molar-refractivity contribution in [1.82, 2.24) is 0 Å². The largest absolute Gasteiger partial charge is 0.485 e. The second-order valence-corrected chi connectivity index (χ2v) is 5.26. The second-order valence-electron chi connectivity index (χ2n) is 4.06. The normalized spacial score (nSPS) is 17.6. The zero-order valence-electron chi connectivity index (χ0n) is 8.99. The Balaban J connectivity index is 1.96. The number of hydrogen-bond donors (Lipinski definition) is 0. The summed E-state index contributed by atoms with van der Waals surface area (Å²) in [6.07, 6.45) is 0.960. The standard InChI is InChI=1S/C14H10BrClO/c15-14-10-8-13(9-4-2-1-3-5-9)17-12(10)7-6-11(14)16/h1-7,13H,8H2. The van der Waals surface area contributed by atoms with E-state index in [1.165, 1.54) is 5.56 Å². The first-order valence-electron chi connectivity index (χ1n) is 5.44. The number of rotatable bonds is 1. The van der Waals surface area contributed by atoms with Crippen LogP contribution in [0.2, 0.25) is 5.02 Å². The molecule has 1 atom stereocenters. The van der Waals surface area contributed by atoms with Crippen LogP contribution in [0.25, 0.3) is 0 Å². The third-order valence-electron chi connectivity index (χ3n) is 2.98. The van der Waals surface area contributed by atoms with Crippen LogP contribution in [0.5, 0.6) is 5.75 Å². The summed E-state index contributed by atoms with van der Waals surface area (Å²) in [5.41, 5.74) is 2.36. The molecule has 0 saturated heterocycles. The zero-order valence-corrected chi connectivity index (χ0v) is 11.3. The monoisotopic (exact) mass is 308 g/mol. The molecule has 0 N–H and O–H groups in total. The fourth-order valence-corrected chi connectivity index (χ4v) is 2.78. The predicted octanol–water partition coefficient (Wildman–Crippen LogP) is 4.78. The van der Waals surface area contributed by atoms with Crippen molar-refractivity contribution in [2.24, 2.45) is 0 Å². The maximum Gasteiger partial charge on any atom is 0.128 e. The molecule has 1 heterocycles. The Bertz CT molecular complexity index is 554. The molecule has 3 rings (SSSR count). The Labute approximate surface area is 113 Å². The number of fused-ring (bicyclic) bond motifs is 1. The molecular weight excluding hydrogens is 300 g/mol. The molecule has 1 unspecified atom stereocenters. The molecule has 0 amide bonds. The highest BCUT2D eigenvalue weighted by Gasteiger charge is 2.26. The first-order valence-corrected chi connectivity index (χ1v) is 6.61. The molecule has 0 bridgehead atoms. The number of benzene rings is 2. The summed E-state index contributed by atoms with van der Waals surface area (Å²) in [7, 11) is 0. The van der Waals surface area contributed by atoms with Crippen LogP contribution in [-0.2, 0) is 6.42 Å². The van der Waals surface area contributed by atoms with Gasteiger partial charge in [-0.3, -0.25) is 0 Å². The first-order chi connectivity index (χ1) is 8.25. The molecule has 0 saturated carbocycles. The Morgan fingerprint density at radius 2 is 1.88 bits per heavy atom. The van der Waals surface area contributed by atoms with Crippen molar-refractivity contribution in [2.75, 3.05) is 0 Å². The summed E-state index contributed by atoms with van der Waals surface area (Å²) in [6, 6.07) is 14.0. The molecule has 0 spiro atoms. The Morgan fingerprint density at radius 3 is 2.65 bits per heavy atom. The van der Waals surface area contributed by atoms with Crippen molar-refractivity contribution in [3.8, 4) is 5.75 Å². The average Bonchev–Trinajstić information content (AvgIpc) is 2.80. The third-order valence-corrected chi connectivity index (χ3v) is 4.43. The molecule has 3 heteroatoms. The van der Waals surface area contributed by atoms with Gasteiger partial charge in [0, 0.05) is 16.5 Å². The molecule has 86 valence electrons.